The van der Waals surface area contributed by atoms with Crippen LogP contribution in [0.2, 0.25) is 0 Å². The zero-order valence-corrected chi connectivity index (χ0v) is 15.5. The molecule has 23 heavy (non-hydrogen) atoms. The fourth-order valence-electron chi connectivity index (χ4n) is 1.97. The van der Waals surface area contributed by atoms with E-state index >= 15 is 0 Å². The highest BCUT2D eigenvalue weighted by Crippen LogP contribution is 2.30. The molecule has 0 saturated carbocycles. The largest absolute Gasteiger partial charge is 0.485 e. The van der Waals surface area contributed by atoms with Crippen LogP contribution in [-0.2, 0) is 18.4 Å². The summed E-state index contributed by atoms with van der Waals surface area (Å²) in [6.07, 6.45) is 0. The van der Waals surface area contributed by atoms with Crippen LogP contribution in [0.15, 0.2) is 27.8 Å². The van der Waals surface area contributed by atoms with Crippen LogP contribution in [0.4, 0.5) is 0 Å². The number of hydrogen-bond acceptors (Lipinski definition) is 5. The van der Waals surface area contributed by atoms with E-state index in [-0.39, 0.29) is 12.4 Å². The minimum atomic E-state index is -0.882. The summed E-state index contributed by atoms with van der Waals surface area (Å²) in [6.45, 7) is 4.49. The monoisotopic (exact) mass is 399 g/mol. The van der Waals surface area contributed by atoms with Crippen LogP contribution < -0.4 is 4.74 Å². The molecule has 0 fully saturated rings. The van der Waals surface area contributed by atoms with Crippen molar-refractivity contribution in [3.05, 3.63) is 34.1 Å². The predicted octanol–water partition coefficient (Wildman–Crippen LogP) is 3.46. The number of aromatic nitrogens is 3. The van der Waals surface area contributed by atoms with Gasteiger partial charge in [-0.2, -0.15) is 0 Å². The number of hydrogen-bond donors (Lipinski definition) is 1. The lowest BCUT2D eigenvalue weighted by Crippen LogP contribution is -2.06. The highest BCUT2D eigenvalue weighted by atomic mass is 79.9. The Labute approximate surface area is 147 Å². The van der Waals surface area contributed by atoms with Gasteiger partial charge in [0.2, 0.25) is 0 Å². The van der Waals surface area contributed by atoms with Gasteiger partial charge in [0.25, 0.3) is 0 Å². The number of thioether (sulfide) groups is 1. The number of nitrogens with zero attached hydrogens (tertiary/aromatic N) is 3. The summed E-state index contributed by atoms with van der Waals surface area (Å²) in [5.41, 5.74) is 1.11. The van der Waals surface area contributed by atoms with Crippen LogP contribution in [-0.4, -0.2) is 31.6 Å². The van der Waals surface area contributed by atoms with Crippen LogP contribution >= 0.6 is 27.7 Å². The van der Waals surface area contributed by atoms with E-state index in [2.05, 4.69) is 40.0 Å². The van der Waals surface area contributed by atoms with E-state index in [0.717, 1.165) is 27.5 Å². The van der Waals surface area contributed by atoms with Gasteiger partial charge in [0.05, 0.1) is 5.75 Å². The highest BCUT2D eigenvalue weighted by molar-refractivity contribution is 9.10. The Hall–Kier alpha value is -1.54. The lowest BCUT2D eigenvalue weighted by Gasteiger charge is -2.14. The molecule has 1 aromatic heterocycles. The normalized spacial score (nSPS) is 11.0. The second-order valence-corrected chi connectivity index (χ2v) is 7.12. The van der Waals surface area contributed by atoms with Crippen molar-refractivity contribution < 1.29 is 14.6 Å². The van der Waals surface area contributed by atoms with E-state index in [1.54, 1.807) is 11.6 Å². The Bertz CT molecular complexity index is 703. The summed E-state index contributed by atoms with van der Waals surface area (Å²) in [5, 5.41) is 17.3. The SMILES string of the molecule is CC(C)c1cc(Br)ccc1OCc1nnc(SCC(=O)O)n1C. The van der Waals surface area contributed by atoms with Crippen molar-refractivity contribution in [2.45, 2.75) is 31.5 Å². The first-order valence-electron chi connectivity index (χ1n) is 7.03. The first kappa shape index (κ1) is 17.8. The molecular formula is C15H18BrN3O3S. The minimum absolute atomic E-state index is 0.0446. The topological polar surface area (TPSA) is 77.2 Å². The zero-order chi connectivity index (χ0) is 17.0. The van der Waals surface area contributed by atoms with Crippen molar-refractivity contribution >= 4 is 33.7 Å². The van der Waals surface area contributed by atoms with Crippen molar-refractivity contribution in [1.29, 1.82) is 0 Å². The zero-order valence-electron chi connectivity index (χ0n) is 13.1. The standard InChI is InChI=1S/C15H18BrN3O3S/c1-9(2)11-6-10(16)4-5-12(11)22-7-13-17-18-15(19(13)3)23-8-14(20)21/h4-6,9H,7-8H2,1-3H3,(H,20,21). The molecule has 0 aliphatic rings. The van der Waals surface area contributed by atoms with Gasteiger partial charge in [-0.05, 0) is 29.7 Å². The number of ether oxygens (including phenoxy) is 1. The van der Waals surface area contributed by atoms with Gasteiger partial charge < -0.3 is 14.4 Å². The molecule has 0 unspecified atom stereocenters. The summed E-state index contributed by atoms with van der Waals surface area (Å²) in [4.78, 5) is 10.6. The third-order valence-corrected chi connectivity index (χ3v) is 4.70. The first-order chi connectivity index (χ1) is 10.9. The molecule has 0 bridgehead atoms. The molecule has 0 saturated heterocycles. The Morgan fingerprint density at radius 1 is 1.43 bits per heavy atom. The van der Waals surface area contributed by atoms with Crippen molar-refractivity contribution in [1.82, 2.24) is 14.8 Å². The number of benzene rings is 1. The molecule has 0 atom stereocenters. The number of aliphatic carboxylic acids is 1. The summed E-state index contributed by atoms with van der Waals surface area (Å²) in [7, 11) is 1.80. The molecule has 0 spiro atoms. The molecule has 0 aliphatic carbocycles. The summed E-state index contributed by atoms with van der Waals surface area (Å²) in [6, 6.07) is 5.91. The van der Waals surface area contributed by atoms with Crippen LogP contribution in [0.5, 0.6) is 5.75 Å². The Morgan fingerprint density at radius 2 is 2.17 bits per heavy atom. The first-order valence-corrected chi connectivity index (χ1v) is 8.81. The smallest absolute Gasteiger partial charge is 0.313 e. The molecule has 124 valence electrons. The van der Waals surface area contributed by atoms with Crippen LogP contribution in [0, 0.1) is 0 Å². The Kier molecular flexibility index (Phi) is 6.06. The van der Waals surface area contributed by atoms with Crippen LogP contribution in [0.3, 0.4) is 0 Å². The van der Waals surface area contributed by atoms with E-state index in [1.807, 2.05) is 18.2 Å². The number of rotatable bonds is 7. The molecule has 0 aliphatic heterocycles. The van der Waals surface area contributed by atoms with Gasteiger partial charge in [-0.15, -0.1) is 10.2 Å². The number of carbonyl (C=O) groups is 1. The van der Waals surface area contributed by atoms with Gasteiger partial charge in [-0.3, -0.25) is 4.79 Å². The molecular weight excluding hydrogens is 382 g/mol. The minimum Gasteiger partial charge on any atom is -0.485 e. The van der Waals surface area contributed by atoms with Gasteiger partial charge in [0, 0.05) is 11.5 Å². The Morgan fingerprint density at radius 3 is 2.83 bits per heavy atom. The van der Waals surface area contributed by atoms with E-state index in [0.29, 0.717) is 16.9 Å². The lowest BCUT2D eigenvalue weighted by atomic mass is 10.0. The molecule has 0 amide bonds. The number of carboxylic acids is 1. The fourth-order valence-corrected chi connectivity index (χ4v) is 3.00. The van der Waals surface area contributed by atoms with Crippen molar-refractivity contribution in [3.8, 4) is 5.75 Å². The Balaban J connectivity index is 2.08. The average molecular weight is 400 g/mol. The summed E-state index contributed by atoms with van der Waals surface area (Å²) in [5.74, 6) is 0.870. The molecule has 1 heterocycles. The van der Waals surface area contributed by atoms with E-state index in [9.17, 15) is 4.79 Å². The molecule has 6 nitrogen and oxygen atoms in total. The van der Waals surface area contributed by atoms with Crippen molar-refractivity contribution in [3.63, 3.8) is 0 Å². The molecule has 8 heteroatoms. The van der Waals surface area contributed by atoms with Crippen LogP contribution in [0.1, 0.15) is 31.2 Å². The lowest BCUT2D eigenvalue weighted by molar-refractivity contribution is -0.133. The van der Waals surface area contributed by atoms with Crippen LogP contribution in [0.25, 0.3) is 0 Å². The predicted molar refractivity (Wildman–Crippen MR) is 91.9 cm³/mol. The van der Waals surface area contributed by atoms with Gasteiger partial charge in [0.15, 0.2) is 11.0 Å². The number of carboxylic acid groups (broad SMARTS) is 1. The third kappa shape index (κ3) is 4.71. The molecule has 1 N–H and O–H groups in total. The maximum Gasteiger partial charge on any atom is 0.313 e. The van der Waals surface area contributed by atoms with Gasteiger partial charge >= 0.3 is 5.97 Å². The van der Waals surface area contributed by atoms with E-state index in [4.69, 9.17) is 9.84 Å². The average Bonchev–Trinajstić information content (AvgIpc) is 2.84. The van der Waals surface area contributed by atoms with Crippen molar-refractivity contribution in [2.24, 2.45) is 7.05 Å². The number of halogens is 1. The second kappa shape index (κ2) is 7.83. The van der Waals surface area contributed by atoms with Crippen molar-refractivity contribution in [2.75, 3.05) is 5.75 Å². The molecule has 0 radical (unpaired) electrons. The highest BCUT2D eigenvalue weighted by Gasteiger charge is 2.13. The molecule has 2 rings (SSSR count). The fraction of sp³-hybridized carbons (Fsp3) is 0.400. The molecule has 1 aromatic carbocycles. The summed E-state index contributed by atoms with van der Waals surface area (Å²) < 4.78 is 8.65. The van der Waals surface area contributed by atoms with Gasteiger partial charge in [0.1, 0.15) is 12.4 Å². The summed E-state index contributed by atoms with van der Waals surface area (Å²) >= 11 is 4.61. The second-order valence-electron chi connectivity index (χ2n) is 5.27. The van der Waals surface area contributed by atoms with Gasteiger partial charge in [-0.25, -0.2) is 0 Å². The van der Waals surface area contributed by atoms with E-state index < -0.39 is 5.97 Å². The maximum atomic E-state index is 10.6. The van der Waals surface area contributed by atoms with Gasteiger partial charge in [-0.1, -0.05) is 41.5 Å². The quantitative estimate of drug-likeness (QED) is 0.718. The maximum absolute atomic E-state index is 10.6. The van der Waals surface area contributed by atoms with E-state index in [1.165, 1.54) is 0 Å². The molecule has 2 aromatic rings. The third-order valence-electron chi connectivity index (χ3n) is 3.20.